The molecule has 0 aromatic rings. The highest BCUT2D eigenvalue weighted by molar-refractivity contribution is 5.31. The maximum Gasteiger partial charge on any atom is 0.133 e. The van der Waals surface area contributed by atoms with Gasteiger partial charge in [-0.05, 0) is 104 Å². The molecule has 0 bridgehead atoms. The average molecular weight is 429 g/mol. The molecular formula is C28H44O3. The molecule has 2 fully saturated rings. The first-order valence-electron chi connectivity index (χ1n) is 12.9. The minimum absolute atomic E-state index is 0.0979. The van der Waals surface area contributed by atoms with E-state index in [9.17, 15) is 5.11 Å². The van der Waals surface area contributed by atoms with Crippen molar-refractivity contribution >= 4 is 0 Å². The zero-order valence-corrected chi connectivity index (χ0v) is 20.4. The lowest BCUT2D eigenvalue weighted by atomic mass is 9.61. The second-order valence-corrected chi connectivity index (χ2v) is 11.5. The molecule has 4 aliphatic rings. The van der Waals surface area contributed by atoms with Gasteiger partial charge in [0.2, 0.25) is 0 Å². The van der Waals surface area contributed by atoms with Crippen molar-refractivity contribution in [1.82, 2.24) is 0 Å². The standard InChI is InChI=1S/C28H44O3/c1-18(2)19(3)8-9-20(4)25-12-13-26-21(7-6-14-28(25,26)5)15-27-24-16-23(29)11-10-22(24)17-30-31-27/h8-9,15,18-20,23,25-27,29H,6-7,10-14,16-17H2,1-5H3/b9-8+,21-15+/t19-,20+,23-,25+,26-,27-,28+/m0/s1. The quantitative estimate of drug-likeness (QED) is 0.387. The summed E-state index contributed by atoms with van der Waals surface area (Å²) in [7, 11) is 0. The SMILES string of the molecule is CC(C)[C@@H](C)/C=C/[C@@H](C)[C@H]1CC[C@H]2/C(=C/[C@@H]3OOCC4=C3C[C@@H](O)CC4)CCC[C@]12C. The van der Waals surface area contributed by atoms with Gasteiger partial charge in [-0.25, -0.2) is 9.78 Å². The second kappa shape index (κ2) is 9.53. The topological polar surface area (TPSA) is 38.7 Å². The van der Waals surface area contributed by atoms with E-state index in [1.807, 2.05) is 0 Å². The Labute approximate surface area is 189 Å². The van der Waals surface area contributed by atoms with Gasteiger partial charge >= 0.3 is 0 Å². The Morgan fingerprint density at radius 2 is 1.87 bits per heavy atom. The summed E-state index contributed by atoms with van der Waals surface area (Å²) in [6, 6.07) is 0. The predicted octanol–water partition coefficient (Wildman–Crippen LogP) is 6.79. The molecule has 31 heavy (non-hydrogen) atoms. The Morgan fingerprint density at radius 3 is 2.65 bits per heavy atom. The normalized spacial score (nSPS) is 39.8. The van der Waals surface area contributed by atoms with E-state index in [2.05, 4.69) is 52.8 Å². The zero-order chi connectivity index (χ0) is 22.2. The second-order valence-electron chi connectivity index (χ2n) is 11.5. The van der Waals surface area contributed by atoms with E-state index in [-0.39, 0.29) is 12.2 Å². The van der Waals surface area contributed by atoms with Crippen molar-refractivity contribution in [2.75, 3.05) is 6.61 Å². The Bertz CT molecular complexity index is 733. The van der Waals surface area contributed by atoms with Crippen molar-refractivity contribution in [1.29, 1.82) is 0 Å². The van der Waals surface area contributed by atoms with Crippen LogP contribution < -0.4 is 0 Å². The number of allylic oxidation sites excluding steroid dienone is 3. The van der Waals surface area contributed by atoms with Gasteiger partial charge in [0.05, 0.1) is 6.10 Å². The Hall–Kier alpha value is -0.900. The third-order valence-electron chi connectivity index (χ3n) is 9.25. The summed E-state index contributed by atoms with van der Waals surface area (Å²) in [5.74, 6) is 3.40. The predicted molar refractivity (Wildman–Crippen MR) is 126 cm³/mol. The fourth-order valence-corrected chi connectivity index (χ4v) is 6.89. The molecule has 1 aliphatic heterocycles. The van der Waals surface area contributed by atoms with E-state index in [1.54, 1.807) is 5.57 Å². The molecular weight excluding hydrogens is 384 g/mol. The van der Waals surface area contributed by atoms with Gasteiger partial charge in [0, 0.05) is 0 Å². The van der Waals surface area contributed by atoms with Crippen LogP contribution in [0.1, 0.15) is 86.0 Å². The molecule has 3 nitrogen and oxygen atoms in total. The van der Waals surface area contributed by atoms with Crippen LogP contribution in [0.4, 0.5) is 0 Å². The minimum atomic E-state index is -0.227. The number of aliphatic hydroxyl groups excluding tert-OH is 1. The van der Waals surface area contributed by atoms with Gasteiger partial charge in [0.15, 0.2) is 0 Å². The van der Waals surface area contributed by atoms with Crippen LogP contribution in [0.15, 0.2) is 34.9 Å². The molecule has 0 saturated heterocycles. The maximum absolute atomic E-state index is 10.2. The number of hydrogen-bond donors (Lipinski definition) is 1. The van der Waals surface area contributed by atoms with Gasteiger partial charge in [-0.2, -0.15) is 0 Å². The molecule has 0 aromatic heterocycles. The van der Waals surface area contributed by atoms with Crippen LogP contribution in [0.25, 0.3) is 0 Å². The maximum atomic E-state index is 10.2. The van der Waals surface area contributed by atoms with Crippen LogP contribution in [-0.2, 0) is 9.78 Å². The fourth-order valence-electron chi connectivity index (χ4n) is 6.89. The number of fused-ring (bicyclic) bond motifs is 1. The lowest BCUT2D eigenvalue weighted by Gasteiger charge is -2.44. The summed E-state index contributed by atoms with van der Waals surface area (Å²) in [5.41, 5.74) is 4.62. The van der Waals surface area contributed by atoms with Crippen molar-refractivity contribution in [2.45, 2.75) is 98.2 Å². The Kier molecular flexibility index (Phi) is 7.15. The van der Waals surface area contributed by atoms with E-state index in [4.69, 9.17) is 9.78 Å². The summed E-state index contributed by atoms with van der Waals surface area (Å²) < 4.78 is 0. The third kappa shape index (κ3) is 4.75. The molecule has 3 aliphatic carbocycles. The molecule has 1 heterocycles. The largest absolute Gasteiger partial charge is 0.393 e. The molecule has 0 spiro atoms. The average Bonchev–Trinajstić information content (AvgIpc) is 3.10. The monoisotopic (exact) mass is 428 g/mol. The van der Waals surface area contributed by atoms with Gasteiger partial charge in [0.1, 0.15) is 12.7 Å². The summed E-state index contributed by atoms with van der Waals surface area (Å²) in [6.45, 7) is 12.5. The van der Waals surface area contributed by atoms with Crippen LogP contribution in [-0.4, -0.2) is 23.9 Å². The first kappa shape index (κ1) is 23.3. The lowest BCUT2D eigenvalue weighted by Crippen LogP contribution is -2.36. The van der Waals surface area contributed by atoms with Crippen LogP contribution in [0, 0.1) is 35.0 Å². The van der Waals surface area contributed by atoms with Crippen molar-refractivity contribution in [2.24, 2.45) is 35.0 Å². The van der Waals surface area contributed by atoms with Crippen LogP contribution in [0.3, 0.4) is 0 Å². The molecule has 0 radical (unpaired) electrons. The van der Waals surface area contributed by atoms with Gasteiger partial charge in [-0.1, -0.05) is 52.3 Å². The highest BCUT2D eigenvalue weighted by Crippen LogP contribution is 2.59. The van der Waals surface area contributed by atoms with E-state index in [0.29, 0.717) is 35.7 Å². The number of aliphatic hydroxyl groups is 1. The van der Waals surface area contributed by atoms with Crippen molar-refractivity contribution in [3.63, 3.8) is 0 Å². The third-order valence-corrected chi connectivity index (χ3v) is 9.25. The van der Waals surface area contributed by atoms with E-state index in [0.717, 1.165) is 25.2 Å². The summed E-state index contributed by atoms with van der Waals surface area (Å²) in [6.07, 6.45) is 16.0. The number of rotatable bonds is 5. The smallest absolute Gasteiger partial charge is 0.133 e. The molecule has 174 valence electrons. The van der Waals surface area contributed by atoms with Gasteiger partial charge < -0.3 is 5.11 Å². The summed E-state index contributed by atoms with van der Waals surface area (Å²) in [4.78, 5) is 11.3. The Morgan fingerprint density at radius 1 is 1.06 bits per heavy atom. The zero-order valence-electron chi connectivity index (χ0n) is 20.4. The molecule has 2 saturated carbocycles. The highest BCUT2D eigenvalue weighted by Gasteiger charge is 2.50. The molecule has 1 N–H and O–H groups in total. The molecule has 4 rings (SSSR count). The molecule has 3 heteroatoms. The summed E-state index contributed by atoms with van der Waals surface area (Å²) >= 11 is 0. The number of hydrogen-bond acceptors (Lipinski definition) is 3. The first-order chi connectivity index (χ1) is 14.8. The minimum Gasteiger partial charge on any atom is -0.393 e. The fraction of sp³-hybridized carbons (Fsp3) is 0.786. The molecule has 0 amide bonds. The van der Waals surface area contributed by atoms with Gasteiger partial charge in [-0.15, -0.1) is 0 Å². The van der Waals surface area contributed by atoms with Crippen LogP contribution in [0.5, 0.6) is 0 Å². The van der Waals surface area contributed by atoms with E-state index < -0.39 is 0 Å². The van der Waals surface area contributed by atoms with E-state index in [1.165, 1.54) is 43.3 Å². The van der Waals surface area contributed by atoms with Crippen molar-refractivity contribution in [3.05, 3.63) is 34.9 Å². The Balaban J connectivity index is 1.52. The summed E-state index contributed by atoms with van der Waals surface area (Å²) in [5, 5.41) is 10.2. The molecule has 7 atom stereocenters. The highest BCUT2D eigenvalue weighted by atomic mass is 17.2. The van der Waals surface area contributed by atoms with Gasteiger partial charge in [0.25, 0.3) is 0 Å². The lowest BCUT2D eigenvalue weighted by molar-refractivity contribution is -0.310. The van der Waals surface area contributed by atoms with Crippen molar-refractivity contribution in [3.8, 4) is 0 Å². The van der Waals surface area contributed by atoms with Crippen molar-refractivity contribution < 1.29 is 14.9 Å². The molecule has 0 unspecified atom stereocenters. The first-order valence-corrected chi connectivity index (χ1v) is 12.9. The van der Waals surface area contributed by atoms with Crippen LogP contribution in [0.2, 0.25) is 0 Å². The van der Waals surface area contributed by atoms with Crippen LogP contribution >= 0.6 is 0 Å². The molecule has 0 aromatic carbocycles. The van der Waals surface area contributed by atoms with Gasteiger partial charge in [-0.3, -0.25) is 0 Å². The van der Waals surface area contributed by atoms with E-state index >= 15 is 0 Å².